The molecule has 0 saturated heterocycles. The van der Waals surface area contributed by atoms with Gasteiger partial charge in [-0.3, -0.25) is 9.69 Å². The number of rotatable bonds is 8. The summed E-state index contributed by atoms with van der Waals surface area (Å²) in [4.78, 5) is 20.0. The van der Waals surface area contributed by atoms with Crippen molar-refractivity contribution >= 4 is 38.7 Å². The number of hydrogen-bond donors (Lipinski definition) is 0. The first-order valence-electron chi connectivity index (χ1n) is 11.1. The van der Waals surface area contributed by atoms with Crippen LogP contribution >= 0.6 is 11.3 Å². The molecule has 1 aromatic heterocycles. The first-order valence-corrected chi connectivity index (χ1v) is 12.0. The molecule has 0 radical (unpaired) electrons. The maximum Gasteiger partial charge on any atom is 0.253 e. The molecule has 0 atom stereocenters. The van der Waals surface area contributed by atoms with Crippen molar-refractivity contribution in [1.29, 1.82) is 0 Å². The number of anilines is 1. The number of hydrogen-bond acceptors (Lipinski definition) is 6. The highest BCUT2D eigenvalue weighted by Crippen LogP contribution is 2.38. The van der Waals surface area contributed by atoms with E-state index in [1.165, 1.54) is 16.9 Å². The molecule has 180 valence electrons. The molecular formula is C28H28N2O4S. The Bertz CT molecular complexity index is 1350. The van der Waals surface area contributed by atoms with Gasteiger partial charge in [0.2, 0.25) is 5.75 Å². The number of fused-ring (bicyclic) bond motifs is 1. The van der Waals surface area contributed by atoms with Gasteiger partial charge >= 0.3 is 0 Å². The number of carbonyl (C=O) groups excluding carboxylic acids is 1. The fourth-order valence-electron chi connectivity index (χ4n) is 3.94. The van der Waals surface area contributed by atoms with E-state index in [0.717, 1.165) is 26.9 Å². The fourth-order valence-corrected chi connectivity index (χ4v) is 5.08. The predicted octanol–water partition coefficient (Wildman–Crippen LogP) is 6.19. The monoisotopic (exact) mass is 488 g/mol. The topological polar surface area (TPSA) is 60.9 Å². The van der Waals surface area contributed by atoms with Gasteiger partial charge in [0.05, 0.1) is 38.1 Å². The second-order valence-corrected chi connectivity index (χ2v) is 9.14. The minimum absolute atomic E-state index is 0.170. The summed E-state index contributed by atoms with van der Waals surface area (Å²) in [6.45, 7) is 4.53. The number of benzene rings is 3. The van der Waals surface area contributed by atoms with E-state index < -0.39 is 0 Å². The lowest BCUT2D eigenvalue weighted by atomic mass is 10.1. The smallest absolute Gasteiger partial charge is 0.253 e. The molecule has 1 amide bonds. The standard InChI is InChI=1S/C28H28N2O4S/c1-18-13-19(2)26-24(14-18)35-28(29-26)30(17-20-9-7-6-8-10-20)25(31)12-11-21-15-22(32-3)27(34-5)23(16-21)33-4/h6-16H,17H2,1-5H3/b12-11+. The maximum atomic E-state index is 13.5. The number of aryl methyl sites for hydroxylation is 2. The molecular weight excluding hydrogens is 460 g/mol. The van der Waals surface area contributed by atoms with Gasteiger partial charge in [-0.1, -0.05) is 47.7 Å². The lowest BCUT2D eigenvalue weighted by Crippen LogP contribution is -2.28. The first kappa shape index (κ1) is 24.3. The van der Waals surface area contributed by atoms with Crippen molar-refractivity contribution in [2.24, 2.45) is 0 Å². The number of thiazole rings is 1. The Morgan fingerprint density at radius 3 is 2.29 bits per heavy atom. The molecule has 4 rings (SSSR count). The maximum absolute atomic E-state index is 13.5. The van der Waals surface area contributed by atoms with E-state index >= 15 is 0 Å². The molecule has 0 N–H and O–H groups in total. The van der Waals surface area contributed by atoms with Crippen LogP contribution in [0, 0.1) is 13.8 Å². The Hall–Kier alpha value is -3.84. The van der Waals surface area contributed by atoms with Gasteiger partial charge < -0.3 is 14.2 Å². The predicted molar refractivity (Wildman–Crippen MR) is 142 cm³/mol. The van der Waals surface area contributed by atoms with Gasteiger partial charge in [-0.05, 0) is 60.4 Å². The number of carbonyl (C=O) groups is 1. The zero-order valence-electron chi connectivity index (χ0n) is 20.5. The quantitative estimate of drug-likeness (QED) is 0.277. The highest BCUT2D eigenvalue weighted by Gasteiger charge is 2.20. The van der Waals surface area contributed by atoms with Gasteiger partial charge in [-0.2, -0.15) is 0 Å². The molecule has 6 nitrogen and oxygen atoms in total. The SMILES string of the molecule is COc1cc(/C=C/C(=O)N(Cc2ccccc2)c2nc3c(C)cc(C)cc3s2)cc(OC)c1OC. The van der Waals surface area contributed by atoms with E-state index in [2.05, 4.69) is 19.1 Å². The summed E-state index contributed by atoms with van der Waals surface area (Å²) < 4.78 is 17.3. The zero-order chi connectivity index (χ0) is 24.9. The molecule has 0 fully saturated rings. The average Bonchev–Trinajstić information content (AvgIpc) is 3.29. The molecule has 0 saturated carbocycles. The molecule has 0 aliphatic carbocycles. The van der Waals surface area contributed by atoms with Crippen LogP contribution in [0.4, 0.5) is 5.13 Å². The normalized spacial score (nSPS) is 11.1. The lowest BCUT2D eigenvalue weighted by Gasteiger charge is -2.18. The molecule has 0 bridgehead atoms. The van der Waals surface area contributed by atoms with Gasteiger partial charge in [-0.25, -0.2) is 4.98 Å². The van der Waals surface area contributed by atoms with Gasteiger partial charge in [-0.15, -0.1) is 0 Å². The summed E-state index contributed by atoms with van der Waals surface area (Å²) in [5, 5.41) is 0.664. The van der Waals surface area contributed by atoms with Crippen LogP contribution in [0.2, 0.25) is 0 Å². The lowest BCUT2D eigenvalue weighted by molar-refractivity contribution is -0.114. The second-order valence-electron chi connectivity index (χ2n) is 8.13. The van der Waals surface area contributed by atoms with E-state index in [-0.39, 0.29) is 5.91 Å². The molecule has 0 aliphatic heterocycles. The second kappa shape index (κ2) is 10.6. The highest BCUT2D eigenvalue weighted by atomic mass is 32.1. The van der Waals surface area contributed by atoms with Gasteiger partial charge in [0.1, 0.15) is 0 Å². The van der Waals surface area contributed by atoms with E-state index in [1.807, 2.05) is 37.3 Å². The first-order chi connectivity index (χ1) is 16.9. The molecule has 7 heteroatoms. The van der Waals surface area contributed by atoms with E-state index in [1.54, 1.807) is 50.5 Å². The van der Waals surface area contributed by atoms with Crippen LogP contribution in [-0.4, -0.2) is 32.2 Å². The molecule has 0 spiro atoms. The van der Waals surface area contributed by atoms with Crippen LogP contribution in [-0.2, 0) is 11.3 Å². The summed E-state index contributed by atoms with van der Waals surface area (Å²) in [5.41, 5.74) is 4.98. The number of amides is 1. The fraction of sp³-hybridized carbons (Fsp3) is 0.214. The number of nitrogens with zero attached hydrogens (tertiary/aromatic N) is 2. The molecule has 0 aliphatic rings. The summed E-state index contributed by atoms with van der Waals surface area (Å²) in [7, 11) is 4.69. The summed E-state index contributed by atoms with van der Waals surface area (Å²) >= 11 is 1.52. The third-order valence-corrected chi connectivity index (χ3v) is 6.63. The van der Waals surface area contributed by atoms with Crippen molar-refractivity contribution in [2.75, 3.05) is 26.2 Å². The molecule has 4 aromatic rings. The third kappa shape index (κ3) is 5.30. The van der Waals surface area contributed by atoms with E-state index in [4.69, 9.17) is 19.2 Å². The van der Waals surface area contributed by atoms with Crippen LogP contribution in [0.1, 0.15) is 22.3 Å². The Balaban J connectivity index is 1.71. The molecule has 1 heterocycles. The van der Waals surface area contributed by atoms with Gasteiger partial charge in [0.15, 0.2) is 16.6 Å². The molecule has 3 aromatic carbocycles. The van der Waals surface area contributed by atoms with Crippen LogP contribution < -0.4 is 19.1 Å². The largest absolute Gasteiger partial charge is 0.493 e. The van der Waals surface area contributed by atoms with Crippen molar-refractivity contribution in [3.05, 3.63) is 82.9 Å². The molecule has 35 heavy (non-hydrogen) atoms. The number of aromatic nitrogens is 1. The van der Waals surface area contributed by atoms with Crippen LogP contribution in [0.15, 0.2) is 60.7 Å². The Morgan fingerprint density at radius 1 is 0.971 bits per heavy atom. The van der Waals surface area contributed by atoms with Crippen molar-refractivity contribution in [3.8, 4) is 17.2 Å². The van der Waals surface area contributed by atoms with Gasteiger partial charge in [0.25, 0.3) is 5.91 Å². The number of methoxy groups -OCH3 is 3. The van der Waals surface area contributed by atoms with Crippen molar-refractivity contribution in [1.82, 2.24) is 4.98 Å². The highest BCUT2D eigenvalue weighted by molar-refractivity contribution is 7.22. The summed E-state index contributed by atoms with van der Waals surface area (Å²) in [5.74, 6) is 1.38. The number of ether oxygens (including phenoxy) is 3. The zero-order valence-corrected chi connectivity index (χ0v) is 21.3. The Morgan fingerprint density at radius 2 is 1.66 bits per heavy atom. The van der Waals surface area contributed by atoms with Crippen LogP contribution in [0.5, 0.6) is 17.2 Å². The van der Waals surface area contributed by atoms with Crippen molar-refractivity contribution in [2.45, 2.75) is 20.4 Å². The minimum atomic E-state index is -0.170. The van der Waals surface area contributed by atoms with Crippen LogP contribution in [0.25, 0.3) is 16.3 Å². The third-order valence-electron chi connectivity index (χ3n) is 5.60. The minimum Gasteiger partial charge on any atom is -0.493 e. The van der Waals surface area contributed by atoms with Crippen molar-refractivity contribution in [3.63, 3.8) is 0 Å². The van der Waals surface area contributed by atoms with Crippen LogP contribution in [0.3, 0.4) is 0 Å². The summed E-state index contributed by atoms with van der Waals surface area (Å²) in [6.07, 6.45) is 3.29. The van der Waals surface area contributed by atoms with E-state index in [9.17, 15) is 4.79 Å². The molecule has 0 unspecified atom stereocenters. The Labute approximate surface area is 209 Å². The van der Waals surface area contributed by atoms with Crippen molar-refractivity contribution < 1.29 is 19.0 Å². The Kier molecular flexibility index (Phi) is 7.36. The average molecular weight is 489 g/mol. The summed E-state index contributed by atoms with van der Waals surface area (Å²) in [6, 6.07) is 17.7. The van der Waals surface area contributed by atoms with Gasteiger partial charge in [0, 0.05) is 6.08 Å². The van der Waals surface area contributed by atoms with E-state index in [0.29, 0.717) is 28.9 Å².